The first-order chi connectivity index (χ1) is 17.1. The lowest BCUT2D eigenvalue weighted by molar-refractivity contribution is -0.123. The fourth-order valence-electron chi connectivity index (χ4n) is 3.60. The number of pyridine rings is 1. The number of anilines is 6. The van der Waals surface area contributed by atoms with Crippen molar-refractivity contribution >= 4 is 47.0 Å². The first kappa shape index (κ1) is 23.7. The number of aryl methyl sites for hydroxylation is 1. The molecule has 12 nitrogen and oxygen atoms in total. The van der Waals surface area contributed by atoms with Crippen molar-refractivity contribution in [3.8, 4) is 5.75 Å². The average molecular weight is 479 g/mol. The predicted molar refractivity (Wildman–Crippen MR) is 132 cm³/mol. The summed E-state index contributed by atoms with van der Waals surface area (Å²) >= 11 is 0. The normalized spacial score (nSPS) is 14.4. The number of ether oxygens (including phenoxy) is 1. The molecule has 1 aromatic carbocycles. The van der Waals surface area contributed by atoms with E-state index >= 15 is 0 Å². The average Bonchev–Trinajstić information content (AvgIpc) is 2.87. The van der Waals surface area contributed by atoms with Crippen molar-refractivity contribution in [2.45, 2.75) is 6.92 Å². The molecule has 35 heavy (non-hydrogen) atoms. The van der Waals surface area contributed by atoms with Gasteiger partial charge in [-0.05, 0) is 37.3 Å². The Labute approximate surface area is 201 Å². The molecule has 0 bridgehead atoms. The topological polar surface area (TPSA) is 154 Å². The molecule has 0 saturated carbocycles. The number of hydrogen-bond acceptors (Lipinski definition) is 10. The van der Waals surface area contributed by atoms with Crippen molar-refractivity contribution in [3.05, 3.63) is 48.3 Å². The van der Waals surface area contributed by atoms with E-state index in [4.69, 9.17) is 14.6 Å². The van der Waals surface area contributed by atoms with Crippen LogP contribution in [0.3, 0.4) is 0 Å². The van der Waals surface area contributed by atoms with Crippen LogP contribution in [0.4, 0.5) is 34.6 Å². The number of nitrogens with one attached hydrogen (secondary N) is 4. The van der Waals surface area contributed by atoms with Gasteiger partial charge in [0.25, 0.3) is 12.4 Å². The number of rotatable bonds is 5. The Balaban J connectivity index is 0.000000917. The second-order valence-corrected chi connectivity index (χ2v) is 7.77. The highest BCUT2D eigenvalue weighted by atomic mass is 16.5. The van der Waals surface area contributed by atoms with Crippen LogP contribution in [0.1, 0.15) is 5.56 Å². The Morgan fingerprint density at radius 3 is 2.60 bits per heavy atom. The SMILES string of the molecule is Cc1cnc(Nc2ccc(N3CCNCC3)nc2)nc1Nc1ccc2c(c1)NC(=O)CO2.O=CO. The zero-order valence-electron chi connectivity index (χ0n) is 19.1. The molecule has 0 unspecified atom stereocenters. The highest BCUT2D eigenvalue weighted by Gasteiger charge is 2.16. The lowest BCUT2D eigenvalue weighted by Gasteiger charge is -2.28. The third-order valence-electron chi connectivity index (χ3n) is 5.29. The fourth-order valence-corrected chi connectivity index (χ4v) is 3.60. The molecule has 1 saturated heterocycles. The van der Waals surface area contributed by atoms with E-state index in [1.807, 2.05) is 37.3 Å². The van der Waals surface area contributed by atoms with Gasteiger partial charge in [-0.15, -0.1) is 0 Å². The molecule has 2 aliphatic rings. The summed E-state index contributed by atoms with van der Waals surface area (Å²) in [6.07, 6.45) is 3.54. The van der Waals surface area contributed by atoms with E-state index in [2.05, 4.69) is 41.1 Å². The summed E-state index contributed by atoms with van der Waals surface area (Å²) in [5, 5.41) is 19.5. The van der Waals surface area contributed by atoms with E-state index in [1.54, 1.807) is 12.4 Å². The third-order valence-corrected chi connectivity index (χ3v) is 5.29. The first-order valence-electron chi connectivity index (χ1n) is 11.0. The Morgan fingerprint density at radius 1 is 1.09 bits per heavy atom. The number of aromatic nitrogens is 3. The Morgan fingerprint density at radius 2 is 1.86 bits per heavy atom. The highest BCUT2D eigenvalue weighted by Crippen LogP contribution is 2.32. The monoisotopic (exact) mass is 478 g/mol. The van der Waals surface area contributed by atoms with Gasteiger partial charge in [0.1, 0.15) is 17.4 Å². The zero-order valence-corrected chi connectivity index (χ0v) is 19.1. The molecular weight excluding hydrogens is 452 g/mol. The molecular formula is C23H26N8O4. The number of benzene rings is 1. The Bertz CT molecular complexity index is 1180. The van der Waals surface area contributed by atoms with Crippen molar-refractivity contribution in [2.75, 3.05) is 53.6 Å². The molecule has 1 amide bonds. The molecule has 0 aliphatic carbocycles. The summed E-state index contributed by atoms with van der Waals surface area (Å²) in [5.74, 6) is 2.57. The van der Waals surface area contributed by atoms with E-state index < -0.39 is 0 Å². The third kappa shape index (κ3) is 6.12. The Hall–Kier alpha value is -4.45. The predicted octanol–water partition coefficient (Wildman–Crippen LogP) is 2.11. The molecule has 0 spiro atoms. The molecule has 1 fully saturated rings. The van der Waals surface area contributed by atoms with Crippen molar-refractivity contribution in [1.82, 2.24) is 20.3 Å². The Kier molecular flexibility index (Phi) is 7.53. The number of hydrogen-bond donors (Lipinski definition) is 5. The van der Waals surface area contributed by atoms with Gasteiger partial charge in [0.05, 0.1) is 17.6 Å². The zero-order chi connectivity index (χ0) is 24.6. The van der Waals surface area contributed by atoms with E-state index in [9.17, 15) is 4.79 Å². The van der Waals surface area contributed by atoms with Crippen LogP contribution in [0.5, 0.6) is 5.75 Å². The highest BCUT2D eigenvalue weighted by molar-refractivity contribution is 5.96. The lowest BCUT2D eigenvalue weighted by Crippen LogP contribution is -2.43. The number of fused-ring (bicyclic) bond motifs is 1. The maximum atomic E-state index is 11.6. The standard InChI is InChI=1S/C22H24N8O2.CH2O2/c1-14-11-25-22(27-16-3-5-19(24-12-16)30-8-6-23-7-9-30)29-21(14)26-15-2-4-18-17(10-15)28-20(31)13-32-18;2-1-3/h2-5,10-12,23H,6-9,13H2,1H3,(H,28,31)(H2,25,26,27,29);1H,(H,2,3). The molecule has 0 radical (unpaired) electrons. The molecule has 3 aromatic rings. The lowest BCUT2D eigenvalue weighted by atomic mass is 10.2. The summed E-state index contributed by atoms with van der Waals surface area (Å²) in [5.41, 5.74) is 3.12. The summed E-state index contributed by atoms with van der Waals surface area (Å²) in [7, 11) is 0. The van der Waals surface area contributed by atoms with Crippen LogP contribution in [0.25, 0.3) is 0 Å². The van der Waals surface area contributed by atoms with Gasteiger partial charge in [0.2, 0.25) is 5.95 Å². The maximum absolute atomic E-state index is 11.6. The van der Waals surface area contributed by atoms with Gasteiger partial charge in [0.15, 0.2) is 6.61 Å². The minimum Gasteiger partial charge on any atom is -0.483 e. The summed E-state index contributed by atoms with van der Waals surface area (Å²) in [6.45, 7) is 5.56. The van der Waals surface area contributed by atoms with Crippen LogP contribution in [-0.2, 0) is 9.59 Å². The number of carboxylic acid groups (broad SMARTS) is 1. The molecule has 5 rings (SSSR count). The summed E-state index contributed by atoms with van der Waals surface area (Å²) in [4.78, 5) is 35.8. The second-order valence-electron chi connectivity index (χ2n) is 7.77. The molecule has 4 heterocycles. The van der Waals surface area contributed by atoms with Crippen LogP contribution in [0.15, 0.2) is 42.7 Å². The fraction of sp³-hybridized carbons (Fsp3) is 0.261. The quantitative estimate of drug-likeness (QED) is 0.343. The van der Waals surface area contributed by atoms with Crippen LogP contribution in [0, 0.1) is 6.92 Å². The largest absolute Gasteiger partial charge is 0.483 e. The number of piperazine rings is 1. The molecule has 12 heteroatoms. The van der Waals surface area contributed by atoms with Crippen LogP contribution in [-0.4, -0.2) is 65.2 Å². The number of nitrogens with zero attached hydrogens (tertiary/aromatic N) is 4. The van der Waals surface area contributed by atoms with Crippen molar-refractivity contribution < 1.29 is 19.4 Å². The van der Waals surface area contributed by atoms with Gasteiger partial charge < -0.3 is 36.0 Å². The number of carbonyl (C=O) groups is 2. The summed E-state index contributed by atoms with van der Waals surface area (Å²) < 4.78 is 5.41. The smallest absolute Gasteiger partial charge is 0.290 e. The molecule has 182 valence electrons. The minimum absolute atomic E-state index is 0.0326. The number of carbonyl (C=O) groups excluding carboxylic acids is 1. The van der Waals surface area contributed by atoms with Crippen molar-refractivity contribution in [2.24, 2.45) is 0 Å². The van der Waals surface area contributed by atoms with Crippen molar-refractivity contribution in [3.63, 3.8) is 0 Å². The summed E-state index contributed by atoms with van der Waals surface area (Å²) in [6, 6.07) is 9.50. The molecule has 0 atom stereocenters. The van der Waals surface area contributed by atoms with Gasteiger partial charge in [-0.2, -0.15) is 4.98 Å². The van der Waals surface area contributed by atoms with Crippen LogP contribution >= 0.6 is 0 Å². The van der Waals surface area contributed by atoms with Gasteiger partial charge in [0, 0.05) is 43.6 Å². The van der Waals surface area contributed by atoms with Gasteiger partial charge >= 0.3 is 0 Å². The van der Waals surface area contributed by atoms with Crippen molar-refractivity contribution in [1.29, 1.82) is 0 Å². The molecule has 2 aliphatic heterocycles. The van der Waals surface area contributed by atoms with E-state index in [0.29, 0.717) is 23.2 Å². The number of amides is 1. The van der Waals surface area contributed by atoms with E-state index in [1.165, 1.54) is 0 Å². The van der Waals surface area contributed by atoms with Crippen LogP contribution < -0.4 is 30.9 Å². The molecule has 2 aromatic heterocycles. The van der Waals surface area contributed by atoms with Gasteiger partial charge in [-0.3, -0.25) is 9.59 Å². The van der Waals surface area contributed by atoms with E-state index in [-0.39, 0.29) is 19.0 Å². The van der Waals surface area contributed by atoms with Crippen LogP contribution in [0.2, 0.25) is 0 Å². The second kappa shape index (κ2) is 11.1. The van der Waals surface area contributed by atoms with Gasteiger partial charge in [-0.25, -0.2) is 9.97 Å². The van der Waals surface area contributed by atoms with Gasteiger partial charge in [-0.1, -0.05) is 0 Å². The minimum atomic E-state index is -0.250. The molecule has 5 N–H and O–H groups in total. The van der Waals surface area contributed by atoms with E-state index in [0.717, 1.165) is 48.9 Å². The maximum Gasteiger partial charge on any atom is 0.290 e. The first-order valence-corrected chi connectivity index (χ1v) is 11.0.